The Morgan fingerprint density at radius 3 is 1.80 bits per heavy atom. The van der Waals surface area contributed by atoms with E-state index in [0.29, 0.717) is 23.6 Å². The van der Waals surface area contributed by atoms with E-state index in [4.69, 9.17) is 0 Å². The van der Waals surface area contributed by atoms with E-state index in [9.17, 15) is 26.3 Å². The predicted molar refractivity (Wildman–Crippen MR) is 127 cm³/mol. The van der Waals surface area contributed by atoms with Gasteiger partial charge in [-0.2, -0.15) is 0 Å². The van der Waals surface area contributed by atoms with Gasteiger partial charge in [0.15, 0.2) is 23.3 Å². The van der Waals surface area contributed by atoms with Crippen LogP contribution >= 0.6 is 0 Å². The molecule has 6 heteroatoms. The highest BCUT2D eigenvalue weighted by molar-refractivity contribution is 5.83. The first-order chi connectivity index (χ1) is 16.8. The second kappa shape index (κ2) is 11.2. The summed E-state index contributed by atoms with van der Waals surface area (Å²) in [5.41, 5.74) is -1.31. The molecule has 35 heavy (non-hydrogen) atoms. The van der Waals surface area contributed by atoms with Crippen LogP contribution in [0.15, 0.2) is 30.3 Å². The van der Waals surface area contributed by atoms with Crippen molar-refractivity contribution in [3.8, 4) is 0 Å². The van der Waals surface area contributed by atoms with Gasteiger partial charge in [0.1, 0.15) is 11.6 Å². The molecule has 0 saturated heterocycles. The number of benzene rings is 2. The molecule has 0 heterocycles. The van der Waals surface area contributed by atoms with Crippen molar-refractivity contribution in [1.29, 1.82) is 0 Å². The lowest BCUT2D eigenvalue weighted by Gasteiger charge is -2.38. The molecule has 0 N–H and O–H groups in total. The summed E-state index contributed by atoms with van der Waals surface area (Å²) in [7, 11) is 0. The second-order valence-electron chi connectivity index (χ2n) is 10.3. The van der Waals surface area contributed by atoms with Crippen LogP contribution in [0.1, 0.15) is 93.7 Å². The van der Waals surface area contributed by atoms with Gasteiger partial charge in [-0.15, -0.1) is 0 Å². The SMILES string of the molecule is CCCC1CCC(C2CCC(c3cc(F)c(/C(F)=C(\F)c4ccc(F)c(F)c4)c(F)c3)CC2)CC1. The molecule has 0 atom stereocenters. The van der Waals surface area contributed by atoms with Crippen LogP contribution in [0.2, 0.25) is 0 Å². The van der Waals surface area contributed by atoms with Crippen molar-refractivity contribution in [3.63, 3.8) is 0 Å². The third kappa shape index (κ3) is 5.78. The maximum Gasteiger partial charge on any atom is 0.172 e. The predicted octanol–water partition coefficient (Wildman–Crippen LogP) is 9.89. The van der Waals surface area contributed by atoms with Gasteiger partial charge in [-0.1, -0.05) is 32.6 Å². The van der Waals surface area contributed by atoms with Crippen molar-refractivity contribution >= 4 is 11.7 Å². The fraction of sp³-hybridized carbons (Fsp3) is 0.517. The average molecular weight is 495 g/mol. The highest BCUT2D eigenvalue weighted by Gasteiger charge is 2.32. The zero-order valence-electron chi connectivity index (χ0n) is 20.0. The molecule has 2 aromatic carbocycles. The summed E-state index contributed by atoms with van der Waals surface area (Å²) < 4.78 is 85.2. The van der Waals surface area contributed by atoms with E-state index in [2.05, 4.69) is 6.92 Å². The van der Waals surface area contributed by atoms with Crippen LogP contribution in [-0.2, 0) is 0 Å². The highest BCUT2D eigenvalue weighted by atomic mass is 19.2. The number of hydrogen-bond acceptors (Lipinski definition) is 0. The van der Waals surface area contributed by atoms with Gasteiger partial charge in [0.2, 0.25) is 0 Å². The largest absolute Gasteiger partial charge is 0.206 e. The summed E-state index contributed by atoms with van der Waals surface area (Å²) in [6, 6.07) is 4.05. The molecule has 0 bridgehead atoms. The smallest absolute Gasteiger partial charge is 0.172 e. The Hall–Kier alpha value is -2.24. The molecular weight excluding hydrogens is 462 g/mol. The normalized spacial score (nSPS) is 25.9. The van der Waals surface area contributed by atoms with Crippen LogP contribution in [-0.4, -0.2) is 0 Å². The number of halogens is 6. The van der Waals surface area contributed by atoms with Crippen molar-refractivity contribution in [2.75, 3.05) is 0 Å². The molecule has 2 aromatic rings. The molecule has 2 fully saturated rings. The molecule has 4 rings (SSSR count). The van der Waals surface area contributed by atoms with Crippen LogP contribution < -0.4 is 0 Å². The van der Waals surface area contributed by atoms with E-state index >= 15 is 0 Å². The van der Waals surface area contributed by atoms with Crippen LogP contribution in [0.4, 0.5) is 26.3 Å². The Balaban J connectivity index is 1.44. The van der Waals surface area contributed by atoms with Gasteiger partial charge in [-0.05, 0) is 98.1 Å². The van der Waals surface area contributed by atoms with E-state index in [0.717, 1.165) is 55.7 Å². The molecule has 0 aliphatic heterocycles. The molecule has 0 radical (unpaired) electrons. The van der Waals surface area contributed by atoms with E-state index < -0.39 is 46.0 Å². The lowest BCUT2D eigenvalue weighted by atomic mass is 9.68. The van der Waals surface area contributed by atoms with Crippen LogP contribution in [0.25, 0.3) is 11.7 Å². The fourth-order valence-corrected chi connectivity index (χ4v) is 6.19. The second-order valence-corrected chi connectivity index (χ2v) is 10.3. The summed E-state index contributed by atoms with van der Waals surface area (Å²) >= 11 is 0. The molecule has 0 unspecified atom stereocenters. The monoisotopic (exact) mass is 494 g/mol. The number of hydrogen-bond donors (Lipinski definition) is 0. The Kier molecular flexibility index (Phi) is 8.28. The van der Waals surface area contributed by atoms with Gasteiger partial charge < -0.3 is 0 Å². The van der Waals surface area contributed by atoms with Gasteiger partial charge in [-0.3, -0.25) is 0 Å². The molecule has 190 valence electrons. The molecule has 0 aromatic heterocycles. The average Bonchev–Trinajstić information content (AvgIpc) is 2.85. The van der Waals surface area contributed by atoms with Crippen LogP contribution in [0, 0.1) is 41.0 Å². The van der Waals surface area contributed by atoms with Gasteiger partial charge in [0, 0.05) is 5.56 Å². The maximum atomic E-state index is 14.8. The molecule has 2 aliphatic carbocycles. The fourth-order valence-electron chi connectivity index (χ4n) is 6.19. The third-order valence-electron chi connectivity index (χ3n) is 8.15. The minimum Gasteiger partial charge on any atom is -0.206 e. The maximum absolute atomic E-state index is 14.8. The van der Waals surface area contributed by atoms with Crippen molar-refractivity contribution in [2.45, 2.75) is 77.0 Å². The Morgan fingerprint density at radius 1 is 0.686 bits per heavy atom. The number of rotatable bonds is 6. The van der Waals surface area contributed by atoms with Crippen molar-refractivity contribution in [3.05, 3.63) is 70.3 Å². The first-order valence-electron chi connectivity index (χ1n) is 12.8. The van der Waals surface area contributed by atoms with E-state index in [-0.39, 0.29) is 5.92 Å². The first kappa shape index (κ1) is 25.8. The summed E-state index contributed by atoms with van der Waals surface area (Å²) in [6.07, 6.45) is 11.4. The van der Waals surface area contributed by atoms with Crippen molar-refractivity contribution in [1.82, 2.24) is 0 Å². The van der Waals surface area contributed by atoms with E-state index in [1.54, 1.807) is 0 Å². The topological polar surface area (TPSA) is 0 Å². The summed E-state index contributed by atoms with van der Waals surface area (Å²) in [6.45, 7) is 2.24. The standard InChI is InChI=1S/C29H32F6/c1-2-3-17-4-6-18(7-5-17)19-8-10-20(11-9-19)22-15-25(32)27(26(33)16-22)29(35)28(34)21-12-13-23(30)24(31)14-21/h12-20H,2-11H2,1H3/b29-28+. The van der Waals surface area contributed by atoms with Gasteiger partial charge in [0.25, 0.3) is 0 Å². The minimum atomic E-state index is -1.78. The Labute approximate surface area is 203 Å². The molecule has 0 amide bonds. The summed E-state index contributed by atoms with van der Waals surface area (Å²) in [4.78, 5) is 0. The highest BCUT2D eigenvalue weighted by Crippen LogP contribution is 2.45. The van der Waals surface area contributed by atoms with E-state index in [1.165, 1.54) is 38.5 Å². The zero-order chi connectivity index (χ0) is 25.1. The van der Waals surface area contributed by atoms with Gasteiger partial charge in [0.05, 0.1) is 5.56 Å². The van der Waals surface area contributed by atoms with Crippen LogP contribution in [0.5, 0.6) is 0 Å². The summed E-state index contributed by atoms with van der Waals surface area (Å²) in [5, 5.41) is 0. The minimum absolute atomic E-state index is 0.0242. The lowest BCUT2D eigenvalue weighted by molar-refractivity contribution is 0.156. The summed E-state index contributed by atoms with van der Waals surface area (Å²) in [5.74, 6) is -6.23. The lowest BCUT2D eigenvalue weighted by Crippen LogP contribution is -2.25. The first-order valence-corrected chi connectivity index (χ1v) is 12.8. The van der Waals surface area contributed by atoms with Gasteiger partial charge in [-0.25, -0.2) is 26.3 Å². The quantitative estimate of drug-likeness (QED) is 0.277. The van der Waals surface area contributed by atoms with Gasteiger partial charge >= 0.3 is 0 Å². The molecule has 0 nitrogen and oxygen atoms in total. The molecular formula is C29H32F6. The molecule has 2 aliphatic rings. The third-order valence-corrected chi connectivity index (χ3v) is 8.15. The van der Waals surface area contributed by atoms with Crippen LogP contribution in [0.3, 0.4) is 0 Å². The molecule has 2 saturated carbocycles. The molecule has 0 spiro atoms. The van der Waals surface area contributed by atoms with Crippen molar-refractivity contribution < 1.29 is 26.3 Å². The Morgan fingerprint density at radius 2 is 1.26 bits per heavy atom. The van der Waals surface area contributed by atoms with Crippen molar-refractivity contribution in [2.24, 2.45) is 17.8 Å². The zero-order valence-corrected chi connectivity index (χ0v) is 20.0. The Bertz CT molecular complexity index is 1040. The van der Waals surface area contributed by atoms with E-state index in [1.807, 2.05) is 0 Å².